The normalized spacial score (nSPS) is 23.3. The largest absolute Gasteiger partial charge is 0.347 e. The molecule has 1 N–H and O–H groups in total. The Labute approximate surface area is 134 Å². The first-order valence-corrected chi connectivity index (χ1v) is 8.69. The Balaban J connectivity index is 1.67. The molecule has 0 saturated carbocycles. The van der Waals surface area contributed by atoms with Crippen LogP contribution in [-0.4, -0.2) is 54.6 Å². The molecule has 1 atom stereocenters. The summed E-state index contributed by atoms with van der Waals surface area (Å²) in [5.41, 5.74) is 2.57. The molecule has 0 bridgehead atoms. The molecule has 5 heteroatoms. The molecule has 5 nitrogen and oxygen atoms in total. The highest BCUT2D eigenvalue weighted by Gasteiger charge is 2.26. The predicted octanol–water partition coefficient (Wildman–Crippen LogP) is 1.99. The minimum atomic E-state index is 0.443. The second-order valence-corrected chi connectivity index (χ2v) is 6.79. The third-order valence-electron chi connectivity index (χ3n) is 5.04. The molecule has 122 valence electrons. The Morgan fingerprint density at radius 2 is 2.05 bits per heavy atom. The lowest BCUT2D eigenvalue weighted by molar-refractivity contribution is 0.195. The number of likely N-dealkylation sites (tertiary alicyclic amines) is 1. The van der Waals surface area contributed by atoms with E-state index in [-0.39, 0.29) is 0 Å². The summed E-state index contributed by atoms with van der Waals surface area (Å²) in [6, 6.07) is 1.09. The van der Waals surface area contributed by atoms with E-state index in [1.807, 2.05) is 19.0 Å². The van der Waals surface area contributed by atoms with E-state index in [1.165, 1.54) is 56.6 Å². The number of aromatic nitrogens is 2. The molecule has 1 aliphatic heterocycles. The molecule has 0 aromatic carbocycles. The SMILES string of the molecule is CCN1CCC(N[C@@H]2CCCc3nc(N(C)C)ncc32)CC1. The van der Waals surface area contributed by atoms with Crippen molar-refractivity contribution in [3.8, 4) is 0 Å². The van der Waals surface area contributed by atoms with Crippen LogP contribution in [0.1, 0.15) is 49.9 Å². The topological polar surface area (TPSA) is 44.3 Å². The molecule has 1 aromatic heterocycles. The third-order valence-corrected chi connectivity index (χ3v) is 5.04. The van der Waals surface area contributed by atoms with Gasteiger partial charge in [-0.3, -0.25) is 0 Å². The maximum atomic E-state index is 4.75. The van der Waals surface area contributed by atoms with Crippen molar-refractivity contribution in [3.05, 3.63) is 17.5 Å². The molecule has 3 rings (SSSR count). The van der Waals surface area contributed by atoms with E-state index in [0.29, 0.717) is 12.1 Å². The lowest BCUT2D eigenvalue weighted by Gasteiger charge is -2.35. The Morgan fingerprint density at radius 3 is 2.73 bits per heavy atom. The minimum Gasteiger partial charge on any atom is -0.347 e. The Morgan fingerprint density at radius 1 is 1.27 bits per heavy atom. The second-order valence-electron chi connectivity index (χ2n) is 6.79. The zero-order chi connectivity index (χ0) is 15.5. The van der Waals surface area contributed by atoms with Crippen LogP contribution >= 0.6 is 0 Å². The van der Waals surface area contributed by atoms with Crippen LogP contribution in [0.5, 0.6) is 0 Å². The van der Waals surface area contributed by atoms with Gasteiger partial charge in [-0.2, -0.15) is 0 Å². The highest BCUT2D eigenvalue weighted by Crippen LogP contribution is 2.30. The van der Waals surface area contributed by atoms with E-state index < -0.39 is 0 Å². The van der Waals surface area contributed by atoms with Gasteiger partial charge in [0.2, 0.25) is 5.95 Å². The molecule has 2 aliphatic rings. The highest BCUT2D eigenvalue weighted by molar-refractivity contribution is 5.34. The quantitative estimate of drug-likeness (QED) is 0.921. The first-order chi connectivity index (χ1) is 10.7. The molecule has 1 saturated heterocycles. The lowest BCUT2D eigenvalue weighted by atomic mass is 9.91. The van der Waals surface area contributed by atoms with Gasteiger partial charge >= 0.3 is 0 Å². The fraction of sp³-hybridized carbons (Fsp3) is 0.765. The van der Waals surface area contributed by atoms with Crippen LogP contribution in [0.2, 0.25) is 0 Å². The molecular weight excluding hydrogens is 274 g/mol. The zero-order valence-electron chi connectivity index (χ0n) is 14.2. The van der Waals surface area contributed by atoms with E-state index in [4.69, 9.17) is 4.98 Å². The Hall–Kier alpha value is -1.20. The van der Waals surface area contributed by atoms with Crippen LogP contribution in [-0.2, 0) is 6.42 Å². The molecule has 22 heavy (non-hydrogen) atoms. The summed E-state index contributed by atoms with van der Waals surface area (Å²) in [6.45, 7) is 5.89. The predicted molar refractivity (Wildman–Crippen MR) is 90.3 cm³/mol. The van der Waals surface area contributed by atoms with Crippen molar-refractivity contribution in [2.24, 2.45) is 0 Å². The molecular formula is C17H29N5. The van der Waals surface area contributed by atoms with Crippen LogP contribution in [0, 0.1) is 0 Å². The van der Waals surface area contributed by atoms with Gasteiger partial charge in [0.1, 0.15) is 0 Å². The van der Waals surface area contributed by atoms with Gasteiger partial charge in [0.25, 0.3) is 0 Å². The van der Waals surface area contributed by atoms with Crippen LogP contribution in [0.3, 0.4) is 0 Å². The first-order valence-electron chi connectivity index (χ1n) is 8.69. The van der Waals surface area contributed by atoms with Crippen molar-refractivity contribution in [1.29, 1.82) is 0 Å². The molecule has 0 amide bonds. The van der Waals surface area contributed by atoms with Gasteiger partial charge in [-0.1, -0.05) is 6.92 Å². The van der Waals surface area contributed by atoms with Gasteiger partial charge in [-0.05, 0) is 51.7 Å². The van der Waals surface area contributed by atoms with Gasteiger partial charge in [0, 0.05) is 37.9 Å². The highest BCUT2D eigenvalue weighted by atomic mass is 15.2. The monoisotopic (exact) mass is 303 g/mol. The van der Waals surface area contributed by atoms with E-state index in [1.54, 1.807) is 0 Å². The molecule has 1 fully saturated rings. The van der Waals surface area contributed by atoms with Crippen molar-refractivity contribution in [3.63, 3.8) is 0 Å². The lowest BCUT2D eigenvalue weighted by Crippen LogP contribution is -2.44. The molecule has 0 spiro atoms. The number of aryl methyl sites for hydroxylation is 1. The smallest absolute Gasteiger partial charge is 0.225 e. The third kappa shape index (κ3) is 3.41. The first kappa shape index (κ1) is 15.7. The summed E-state index contributed by atoms with van der Waals surface area (Å²) in [4.78, 5) is 13.8. The summed E-state index contributed by atoms with van der Waals surface area (Å²) in [5, 5.41) is 3.89. The number of piperidine rings is 1. The molecule has 2 heterocycles. The summed E-state index contributed by atoms with van der Waals surface area (Å²) in [6.07, 6.45) is 8.10. The zero-order valence-corrected chi connectivity index (χ0v) is 14.2. The number of nitrogens with zero attached hydrogens (tertiary/aromatic N) is 4. The maximum Gasteiger partial charge on any atom is 0.225 e. The minimum absolute atomic E-state index is 0.443. The fourth-order valence-corrected chi connectivity index (χ4v) is 3.63. The average molecular weight is 303 g/mol. The van der Waals surface area contributed by atoms with Crippen LogP contribution in [0.15, 0.2) is 6.20 Å². The number of fused-ring (bicyclic) bond motifs is 1. The fourth-order valence-electron chi connectivity index (χ4n) is 3.63. The van der Waals surface area contributed by atoms with E-state index in [2.05, 4.69) is 28.3 Å². The molecule has 1 aromatic rings. The van der Waals surface area contributed by atoms with Gasteiger partial charge in [0.15, 0.2) is 0 Å². The number of anilines is 1. The van der Waals surface area contributed by atoms with Crippen molar-refractivity contribution in [1.82, 2.24) is 20.2 Å². The average Bonchev–Trinajstić information content (AvgIpc) is 2.55. The van der Waals surface area contributed by atoms with Crippen LogP contribution < -0.4 is 10.2 Å². The summed E-state index contributed by atoms with van der Waals surface area (Å²) >= 11 is 0. The Kier molecular flexibility index (Phi) is 4.93. The van der Waals surface area contributed by atoms with E-state index in [0.717, 1.165) is 12.4 Å². The maximum absolute atomic E-state index is 4.75. The van der Waals surface area contributed by atoms with E-state index >= 15 is 0 Å². The number of rotatable bonds is 4. The van der Waals surface area contributed by atoms with Crippen molar-refractivity contribution in [2.45, 2.75) is 51.1 Å². The van der Waals surface area contributed by atoms with Crippen molar-refractivity contribution in [2.75, 3.05) is 38.6 Å². The Bertz CT molecular complexity index is 494. The van der Waals surface area contributed by atoms with Crippen LogP contribution in [0.25, 0.3) is 0 Å². The van der Waals surface area contributed by atoms with Gasteiger partial charge in [0.05, 0.1) is 5.69 Å². The van der Waals surface area contributed by atoms with E-state index in [9.17, 15) is 0 Å². The molecule has 0 radical (unpaired) electrons. The molecule has 0 unspecified atom stereocenters. The summed E-state index contributed by atoms with van der Waals surface area (Å²) < 4.78 is 0. The summed E-state index contributed by atoms with van der Waals surface area (Å²) in [7, 11) is 4.00. The standard InChI is InChI=1S/C17H29N5/c1-4-22-10-8-13(9-11-22)19-15-6-5-7-16-14(15)12-18-17(20-16)21(2)3/h12-13,15,19H,4-11H2,1-3H3/t15-/m1/s1. The van der Waals surface area contributed by atoms with Gasteiger partial charge < -0.3 is 15.1 Å². The number of nitrogens with one attached hydrogen (secondary N) is 1. The van der Waals surface area contributed by atoms with Gasteiger partial charge in [-0.25, -0.2) is 9.97 Å². The number of hydrogen-bond donors (Lipinski definition) is 1. The summed E-state index contributed by atoms with van der Waals surface area (Å²) in [5.74, 6) is 0.829. The van der Waals surface area contributed by atoms with Crippen molar-refractivity contribution < 1.29 is 0 Å². The molecule has 1 aliphatic carbocycles. The second kappa shape index (κ2) is 6.92. The van der Waals surface area contributed by atoms with Crippen molar-refractivity contribution >= 4 is 5.95 Å². The van der Waals surface area contributed by atoms with Crippen LogP contribution in [0.4, 0.5) is 5.95 Å². The number of hydrogen-bond acceptors (Lipinski definition) is 5. The van der Waals surface area contributed by atoms with Gasteiger partial charge in [-0.15, -0.1) is 0 Å².